The first-order chi connectivity index (χ1) is 11.9. The van der Waals surface area contributed by atoms with Crippen molar-refractivity contribution in [2.24, 2.45) is 0 Å². The molecule has 1 fully saturated rings. The van der Waals surface area contributed by atoms with E-state index in [0.717, 1.165) is 0 Å². The summed E-state index contributed by atoms with van der Waals surface area (Å²) in [7, 11) is -3.95. The number of nitro groups is 1. The summed E-state index contributed by atoms with van der Waals surface area (Å²) in [5.41, 5.74) is 0.323. The number of nitro benzene ring substituents is 1. The zero-order valence-electron chi connectivity index (χ0n) is 12.6. The lowest BCUT2D eigenvalue weighted by Gasteiger charge is -2.29. The molecule has 1 saturated heterocycles. The molecular formula is C15H12ClFNO6P. The topological polar surface area (TPSA) is 87.9 Å². The molecule has 0 bridgehead atoms. The first-order valence-electron chi connectivity index (χ1n) is 7.18. The molecule has 3 rings (SSSR count). The Morgan fingerprint density at radius 3 is 2.64 bits per heavy atom. The fourth-order valence-corrected chi connectivity index (χ4v) is 3.78. The van der Waals surface area contributed by atoms with Gasteiger partial charge in [0.25, 0.3) is 5.69 Å². The molecule has 10 heteroatoms. The van der Waals surface area contributed by atoms with Gasteiger partial charge in [-0.05, 0) is 29.8 Å². The maximum absolute atomic E-state index is 13.6. The van der Waals surface area contributed by atoms with Gasteiger partial charge in [-0.1, -0.05) is 17.7 Å². The molecule has 1 unspecified atom stereocenters. The smallest absolute Gasteiger partial charge is 0.404 e. The summed E-state index contributed by atoms with van der Waals surface area (Å²) >= 11 is 5.65. The van der Waals surface area contributed by atoms with Crippen molar-refractivity contribution in [3.05, 3.63) is 69.0 Å². The lowest BCUT2D eigenvalue weighted by atomic mass is 10.1. The Morgan fingerprint density at radius 1 is 1.28 bits per heavy atom. The molecule has 0 aromatic heterocycles. The molecule has 0 saturated carbocycles. The monoisotopic (exact) mass is 387 g/mol. The van der Waals surface area contributed by atoms with Crippen molar-refractivity contribution >= 4 is 25.1 Å². The molecule has 0 aliphatic carbocycles. The highest BCUT2D eigenvalue weighted by atomic mass is 35.5. The Bertz CT molecular complexity index is 846. The van der Waals surface area contributed by atoms with E-state index in [-0.39, 0.29) is 23.1 Å². The maximum Gasteiger partial charge on any atom is 0.530 e. The number of non-ortho nitro benzene ring substituents is 1. The van der Waals surface area contributed by atoms with Gasteiger partial charge in [0.15, 0.2) is 0 Å². The first-order valence-corrected chi connectivity index (χ1v) is 9.02. The molecule has 2 atom stereocenters. The third kappa shape index (κ3) is 4.16. The number of hydrogen-bond acceptors (Lipinski definition) is 6. The van der Waals surface area contributed by atoms with E-state index in [9.17, 15) is 19.1 Å². The van der Waals surface area contributed by atoms with E-state index < -0.39 is 24.7 Å². The largest absolute Gasteiger partial charge is 0.530 e. The fraction of sp³-hybridized carbons (Fsp3) is 0.200. The first kappa shape index (κ1) is 17.8. The lowest BCUT2D eigenvalue weighted by molar-refractivity contribution is -0.384. The fourth-order valence-electron chi connectivity index (χ4n) is 2.26. The van der Waals surface area contributed by atoms with Gasteiger partial charge in [-0.3, -0.25) is 19.2 Å². The van der Waals surface area contributed by atoms with Crippen LogP contribution >= 0.6 is 19.4 Å². The summed E-state index contributed by atoms with van der Waals surface area (Å²) < 4.78 is 42.0. The van der Waals surface area contributed by atoms with Crippen LogP contribution in [-0.4, -0.2) is 11.5 Å². The van der Waals surface area contributed by atoms with Crippen LogP contribution < -0.4 is 4.52 Å². The van der Waals surface area contributed by atoms with Gasteiger partial charge in [-0.2, -0.15) is 0 Å². The van der Waals surface area contributed by atoms with Crippen LogP contribution in [0.25, 0.3) is 0 Å². The van der Waals surface area contributed by atoms with Crippen molar-refractivity contribution in [2.75, 3.05) is 6.61 Å². The molecule has 1 aliphatic rings. The van der Waals surface area contributed by atoms with E-state index in [1.807, 2.05) is 0 Å². The van der Waals surface area contributed by atoms with Gasteiger partial charge >= 0.3 is 7.82 Å². The highest BCUT2D eigenvalue weighted by Crippen LogP contribution is 2.56. The predicted molar refractivity (Wildman–Crippen MR) is 87.1 cm³/mol. The van der Waals surface area contributed by atoms with Crippen LogP contribution in [0.2, 0.25) is 5.02 Å². The number of hydrogen-bond donors (Lipinski definition) is 0. The standard InChI is InChI=1S/C15H12ClFNO6P/c16-13-6-1-10(9-14(13)17)15-7-8-22-25(21,24-15)23-12-4-2-11(3-5-12)18(19)20/h1-6,9,15H,7-8H2/t15-,25?/m1/s1. The van der Waals surface area contributed by atoms with Crippen molar-refractivity contribution in [1.29, 1.82) is 0 Å². The zero-order valence-corrected chi connectivity index (χ0v) is 14.3. The van der Waals surface area contributed by atoms with Crippen LogP contribution in [0.15, 0.2) is 42.5 Å². The Kier molecular flexibility index (Phi) is 5.06. The van der Waals surface area contributed by atoms with Crippen molar-refractivity contribution in [3.8, 4) is 5.75 Å². The Balaban J connectivity index is 1.75. The number of benzene rings is 2. The van der Waals surface area contributed by atoms with E-state index in [1.165, 1.54) is 36.4 Å². The van der Waals surface area contributed by atoms with Crippen LogP contribution in [0, 0.1) is 15.9 Å². The SMILES string of the molecule is O=[N+]([O-])c1ccc(OP2(=O)OCC[C@H](c3ccc(Cl)c(F)c3)O2)cc1. The van der Waals surface area contributed by atoms with E-state index in [2.05, 4.69) is 0 Å². The van der Waals surface area contributed by atoms with Crippen molar-refractivity contribution in [2.45, 2.75) is 12.5 Å². The number of halogens is 2. The van der Waals surface area contributed by atoms with E-state index >= 15 is 0 Å². The molecule has 1 heterocycles. The average Bonchev–Trinajstić information content (AvgIpc) is 2.57. The highest BCUT2D eigenvalue weighted by molar-refractivity contribution is 7.49. The van der Waals surface area contributed by atoms with Crippen LogP contribution in [0.1, 0.15) is 18.1 Å². The number of phosphoric ester groups is 1. The van der Waals surface area contributed by atoms with Crippen molar-refractivity contribution in [3.63, 3.8) is 0 Å². The molecule has 0 N–H and O–H groups in total. The van der Waals surface area contributed by atoms with Crippen LogP contribution in [-0.2, 0) is 13.6 Å². The normalized spacial score (nSPS) is 23.2. The Labute approximate surface area is 147 Å². The van der Waals surface area contributed by atoms with Gasteiger partial charge in [0.2, 0.25) is 0 Å². The second kappa shape index (κ2) is 7.09. The predicted octanol–water partition coefficient (Wildman–Crippen LogP) is 5.05. The van der Waals surface area contributed by atoms with Gasteiger partial charge in [0, 0.05) is 18.6 Å². The van der Waals surface area contributed by atoms with Gasteiger partial charge in [0.1, 0.15) is 11.6 Å². The third-order valence-electron chi connectivity index (χ3n) is 3.47. The quantitative estimate of drug-likeness (QED) is 0.414. The summed E-state index contributed by atoms with van der Waals surface area (Å²) in [4.78, 5) is 10.1. The van der Waals surface area contributed by atoms with Gasteiger partial charge in [0.05, 0.1) is 22.7 Å². The molecule has 2 aromatic rings. The molecule has 0 amide bonds. The molecule has 7 nitrogen and oxygen atoms in total. The summed E-state index contributed by atoms with van der Waals surface area (Å²) in [6, 6.07) is 9.14. The number of nitrogens with zero attached hydrogens (tertiary/aromatic N) is 1. The van der Waals surface area contributed by atoms with Crippen molar-refractivity contribution < 1.29 is 27.5 Å². The van der Waals surface area contributed by atoms with E-state index in [0.29, 0.717) is 12.0 Å². The minimum absolute atomic E-state index is 0.0267. The molecule has 2 aromatic carbocycles. The van der Waals surface area contributed by atoms with Crippen LogP contribution in [0.4, 0.5) is 10.1 Å². The average molecular weight is 388 g/mol. The van der Waals surface area contributed by atoms with Crippen LogP contribution in [0.5, 0.6) is 5.75 Å². The summed E-state index contributed by atoms with van der Waals surface area (Å²) in [6.07, 6.45) is -0.335. The zero-order chi connectivity index (χ0) is 18.0. The minimum Gasteiger partial charge on any atom is -0.404 e. The Morgan fingerprint density at radius 2 is 2.00 bits per heavy atom. The summed E-state index contributed by atoms with van der Waals surface area (Å²) in [6.45, 7) is 0.0825. The second-order valence-corrected chi connectivity index (χ2v) is 7.13. The summed E-state index contributed by atoms with van der Waals surface area (Å²) in [5, 5.41) is 10.6. The highest BCUT2D eigenvalue weighted by Gasteiger charge is 2.37. The van der Waals surface area contributed by atoms with E-state index in [4.69, 9.17) is 25.2 Å². The van der Waals surface area contributed by atoms with Crippen LogP contribution in [0.3, 0.4) is 0 Å². The molecule has 25 heavy (non-hydrogen) atoms. The van der Waals surface area contributed by atoms with Gasteiger partial charge in [-0.25, -0.2) is 8.96 Å². The van der Waals surface area contributed by atoms with Gasteiger partial charge in [-0.15, -0.1) is 0 Å². The van der Waals surface area contributed by atoms with Crippen molar-refractivity contribution in [1.82, 2.24) is 0 Å². The maximum atomic E-state index is 13.6. The molecular weight excluding hydrogens is 376 g/mol. The molecule has 132 valence electrons. The second-order valence-electron chi connectivity index (χ2n) is 5.18. The van der Waals surface area contributed by atoms with Gasteiger partial charge < -0.3 is 4.52 Å². The Hall–Kier alpha value is -1.99. The minimum atomic E-state index is -3.95. The molecule has 0 spiro atoms. The number of phosphoric acid groups is 1. The molecule has 1 aliphatic heterocycles. The van der Waals surface area contributed by atoms with E-state index in [1.54, 1.807) is 6.07 Å². The third-order valence-corrected chi connectivity index (χ3v) is 5.22. The number of rotatable bonds is 4. The molecule has 0 radical (unpaired) electrons. The summed E-state index contributed by atoms with van der Waals surface area (Å²) in [5.74, 6) is -0.516. The lowest BCUT2D eigenvalue weighted by Crippen LogP contribution is -2.16.